The van der Waals surface area contributed by atoms with Gasteiger partial charge in [-0.05, 0) is 24.1 Å². The number of aliphatic carboxylic acids is 1. The molecular formula is C11H13NO2. The average molecular weight is 191 g/mol. The molecular weight excluding hydrogens is 178 g/mol. The highest BCUT2D eigenvalue weighted by molar-refractivity contribution is 5.76. The van der Waals surface area contributed by atoms with E-state index >= 15 is 0 Å². The van der Waals surface area contributed by atoms with Crippen LogP contribution < -0.4 is 5.32 Å². The number of hydrogen-bond donors (Lipinski definition) is 2. The topological polar surface area (TPSA) is 49.3 Å². The van der Waals surface area contributed by atoms with Crippen molar-refractivity contribution < 1.29 is 9.90 Å². The van der Waals surface area contributed by atoms with Crippen LogP contribution in [-0.2, 0) is 11.3 Å². The molecule has 0 fully saturated rings. The predicted octanol–water partition coefficient (Wildman–Crippen LogP) is 1.35. The summed E-state index contributed by atoms with van der Waals surface area (Å²) >= 11 is 0. The van der Waals surface area contributed by atoms with E-state index in [0.29, 0.717) is 6.42 Å². The van der Waals surface area contributed by atoms with Gasteiger partial charge in [-0.3, -0.25) is 4.79 Å². The van der Waals surface area contributed by atoms with Crippen LogP contribution in [0.25, 0.3) is 0 Å². The predicted molar refractivity (Wildman–Crippen MR) is 53.1 cm³/mol. The Balaban J connectivity index is 2.42. The summed E-state index contributed by atoms with van der Waals surface area (Å²) < 4.78 is 0. The summed E-state index contributed by atoms with van der Waals surface area (Å²) in [6.45, 7) is 1.55. The van der Waals surface area contributed by atoms with Crippen molar-refractivity contribution in [2.24, 2.45) is 0 Å². The van der Waals surface area contributed by atoms with Crippen molar-refractivity contribution >= 4 is 5.97 Å². The summed E-state index contributed by atoms with van der Waals surface area (Å²) in [6.07, 6.45) is 0.673. The maximum absolute atomic E-state index is 11.0. The van der Waals surface area contributed by atoms with E-state index < -0.39 is 5.97 Å². The van der Waals surface area contributed by atoms with E-state index in [1.165, 1.54) is 0 Å². The molecule has 74 valence electrons. The van der Waals surface area contributed by atoms with E-state index in [9.17, 15) is 4.79 Å². The minimum Gasteiger partial charge on any atom is -0.481 e. The molecule has 2 N–H and O–H groups in total. The van der Waals surface area contributed by atoms with Gasteiger partial charge in [-0.1, -0.05) is 24.3 Å². The molecule has 3 heteroatoms. The molecule has 14 heavy (non-hydrogen) atoms. The first-order valence-corrected chi connectivity index (χ1v) is 4.80. The third-order valence-corrected chi connectivity index (χ3v) is 2.65. The normalized spacial score (nSPS) is 21.0. The van der Waals surface area contributed by atoms with Crippen LogP contribution in [0.5, 0.6) is 0 Å². The van der Waals surface area contributed by atoms with Gasteiger partial charge in [-0.15, -0.1) is 0 Å². The van der Waals surface area contributed by atoms with Gasteiger partial charge in [0.25, 0.3) is 0 Å². The van der Waals surface area contributed by atoms with Gasteiger partial charge in [0, 0.05) is 6.54 Å². The molecule has 1 atom stereocenters. The molecule has 1 aliphatic rings. The maximum atomic E-state index is 11.0. The number of carboxylic acids is 1. The van der Waals surface area contributed by atoms with Crippen molar-refractivity contribution in [3.63, 3.8) is 0 Å². The van der Waals surface area contributed by atoms with Crippen molar-refractivity contribution in [1.82, 2.24) is 5.32 Å². The number of carbonyl (C=O) groups is 1. The molecule has 0 bridgehead atoms. The van der Waals surface area contributed by atoms with E-state index in [2.05, 4.69) is 5.32 Å². The van der Waals surface area contributed by atoms with Crippen LogP contribution in [-0.4, -0.2) is 17.6 Å². The Hall–Kier alpha value is -1.35. The Bertz CT molecular complexity index is 349. The monoisotopic (exact) mass is 191 g/mol. The zero-order valence-corrected chi connectivity index (χ0v) is 7.86. The van der Waals surface area contributed by atoms with Gasteiger partial charge in [-0.25, -0.2) is 0 Å². The van der Waals surface area contributed by atoms with Gasteiger partial charge in [0.15, 0.2) is 0 Å². The molecule has 0 aromatic heterocycles. The van der Waals surface area contributed by atoms with Gasteiger partial charge in [-0.2, -0.15) is 0 Å². The molecule has 1 heterocycles. The number of fused-ring (bicyclic) bond motifs is 1. The molecule has 1 aromatic carbocycles. The Morgan fingerprint density at radius 1 is 1.43 bits per heavy atom. The molecule has 0 radical (unpaired) electrons. The summed E-state index contributed by atoms with van der Waals surface area (Å²) in [5, 5.41) is 12.3. The first-order valence-electron chi connectivity index (χ1n) is 4.80. The summed E-state index contributed by atoms with van der Waals surface area (Å²) in [5.41, 5.74) is 2.07. The fraction of sp³-hybridized carbons (Fsp3) is 0.364. The van der Waals surface area contributed by atoms with Crippen molar-refractivity contribution in [2.45, 2.75) is 18.9 Å². The molecule has 1 aliphatic heterocycles. The first-order chi connectivity index (χ1) is 6.79. The Morgan fingerprint density at radius 2 is 2.21 bits per heavy atom. The molecule has 1 aromatic rings. The van der Waals surface area contributed by atoms with Crippen LogP contribution in [0.2, 0.25) is 0 Å². The first kappa shape index (κ1) is 9.21. The minimum absolute atomic E-state index is 0.346. The van der Waals surface area contributed by atoms with E-state index in [1.54, 1.807) is 0 Å². The van der Waals surface area contributed by atoms with Gasteiger partial charge in [0.1, 0.15) is 0 Å². The summed E-state index contributed by atoms with van der Waals surface area (Å²) in [4.78, 5) is 11.0. The minimum atomic E-state index is -0.721. The van der Waals surface area contributed by atoms with Gasteiger partial charge in [0.2, 0.25) is 0 Å². The Labute approximate surface area is 82.8 Å². The van der Waals surface area contributed by atoms with Crippen LogP contribution in [0.15, 0.2) is 24.3 Å². The van der Waals surface area contributed by atoms with E-state index in [4.69, 9.17) is 5.11 Å². The zero-order valence-electron chi connectivity index (χ0n) is 7.86. The van der Waals surface area contributed by atoms with Crippen LogP contribution in [0.3, 0.4) is 0 Å². The van der Waals surface area contributed by atoms with E-state index in [-0.39, 0.29) is 5.92 Å². The van der Waals surface area contributed by atoms with Crippen LogP contribution in [0.1, 0.15) is 23.5 Å². The number of nitrogens with one attached hydrogen (secondary N) is 1. The fourth-order valence-corrected chi connectivity index (χ4v) is 1.92. The standard InChI is InChI=1S/C11H13NO2/c13-11(14)10-5-6-12-7-8-3-1-2-4-9(8)10/h1-4,10,12H,5-7H2,(H,13,14). The third kappa shape index (κ3) is 1.63. The lowest BCUT2D eigenvalue weighted by Crippen LogP contribution is -2.15. The summed E-state index contributed by atoms with van der Waals surface area (Å²) in [5.74, 6) is -1.07. The molecule has 0 amide bonds. The SMILES string of the molecule is O=C(O)C1CCNCc2ccccc21. The molecule has 1 unspecified atom stereocenters. The second-order valence-electron chi connectivity index (χ2n) is 3.56. The number of rotatable bonds is 1. The highest BCUT2D eigenvalue weighted by atomic mass is 16.4. The lowest BCUT2D eigenvalue weighted by atomic mass is 9.93. The highest BCUT2D eigenvalue weighted by Gasteiger charge is 2.23. The second kappa shape index (κ2) is 3.80. The third-order valence-electron chi connectivity index (χ3n) is 2.65. The second-order valence-corrected chi connectivity index (χ2v) is 3.56. The smallest absolute Gasteiger partial charge is 0.311 e. The van der Waals surface area contributed by atoms with Crippen molar-refractivity contribution in [2.75, 3.05) is 6.54 Å². The largest absolute Gasteiger partial charge is 0.481 e. The van der Waals surface area contributed by atoms with Crippen LogP contribution in [0.4, 0.5) is 0 Å². The van der Waals surface area contributed by atoms with E-state index in [1.807, 2.05) is 24.3 Å². The molecule has 3 nitrogen and oxygen atoms in total. The number of carboxylic acid groups (broad SMARTS) is 1. The highest BCUT2D eigenvalue weighted by Crippen LogP contribution is 2.25. The van der Waals surface area contributed by atoms with Crippen LogP contribution in [0, 0.1) is 0 Å². The van der Waals surface area contributed by atoms with Gasteiger partial charge in [0.05, 0.1) is 5.92 Å². The number of hydrogen-bond acceptors (Lipinski definition) is 2. The van der Waals surface area contributed by atoms with E-state index in [0.717, 1.165) is 24.2 Å². The lowest BCUT2D eigenvalue weighted by Gasteiger charge is -2.11. The average Bonchev–Trinajstić information content (AvgIpc) is 2.39. The lowest BCUT2D eigenvalue weighted by molar-refractivity contribution is -0.138. The van der Waals surface area contributed by atoms with Gasteiger partial charge >= 0.3 is 5.97 Å². The van der Waals surface area contributed by atoms with Crippen molar-refractivity contribution in [3.05, 3.63) is 35.4 Å². The van der Waals surface area contributed by atoms with Crippen LogP contribution >= 0.6 is 0 Å². The Kier molecular flexibility index (Phi) is 2.50. The Morgan fingerprint density at radius 3 is 3.00 bits per heavy atom. The fourth-order valence-electron chi connectivity index (χ4n) is 1.92. The number of benzene rings is 1. The molecule has 0 aliphatic carbocycles. The quantitative estimate of drug-likeness (QED) is 0.704. The van der Waals surface area contributed by atoms with Crippen molar-refractivity contribution in [3.8, 4) is 0 Å². The summed E-state index contributed by atoms with van der Waals surface area (Å²) in [6, 6.07) is 7.76. The molecule has 0 spiro atoms. The summed E-state index contributed by atoms with van der Waals surface area (Å²) in [7, 11) is 0. The zero-order chi connectivity index (χ0) is 9.97. The molecule has 2 rings (SSSR count). The molecule has 0 saturated heterocycles. The van der Waals surface area contributed by atoms with Crippen molar-refractivity contribution in [1.29, 1.82) is 0 Å². The molecule has 0 saturated carbocycles. The van der Waals surface area contributed by atoms with Gasteiger partial charge < -0.3 is 10.4 Å². The maximum Gasteiger partial charge on any atom is 0.311 e.